The Hall–Kier alpha value is -0.560. The average molecular weight is 208 g/mol. The van der Waals surface area contributed by atoms with E-state index in [9.17, 15) is 0 Å². The van der Waals surface area contributed by atoms with Gasteiger partial charge in [0.05, 0.1) is 12.2 Å². The monoisotopic (exact) mass is 208 g/mol. The Bertz CT molecular complexity index is 180. The van der Waals surface area contributed by atoms with Crippen molar-refractivity contribution in [3.63, 3.8) is 0 Å². The van der Waals surface area contributed by atoms with Crippen molar-refractivity contribution in [2.75, 3.05) is 0 Å². The van der Waals surface area contributed by atoms with Gasteiger partial charge < -0.3 is 4.74 Å². The molecule has 86 valence electrons. The summed E-state index contributed by atoms with van der Waals surface area (Å²) in [7, 11) is 0. The van der Waals surface area contributed by atoms with Crippen molar-refractivity contribution >= 4 is 0 Å². The Balaban J connectivity index is 2.19. The molecule has 0 aliphatic heterocycles. The molecule has 1 saturated carbocycles. The summed E-state index contributed by atoms with van der Waals surface area (Å²) in [4.78, 5) is 0. The molecule has 0 amide bonds. The van der Waals surface area contributed by atoms with Gasteiger partial charge in [0, 0.05) is 0 Å². The fourth-order valence-electron chi connectivity index (χ4n) is 2.15. The Labute approximate surface area is 94.2 Å². The number of ether oxygens (including phenoxy) is 1. The van der Waals surface area contributed by atoms with Crippen LogP contribution in [0.3, 0.4) is 0 Å². The van der Waals surface area contributed by atoms with E-state index in [2.05, 4.69) is 13.2 Å². The first-order valence-corrected chi connectivity index (χ1v) is 6.25. The first-order valence-electron chi connectivity index (χ1n) is 6.25. The van der Waals surface area contributed by atoms with Gasteiger partial charge in [0.2, 0.25) is 0 Å². The number of rotatable bonds is 7. The molecule has 1 atom stereocenters. The molecule has 1 rings (SSSR count). The first-order chi connectivity index (χ1) is 7.36. The highest BCUT2D eigenvalue weighted by atomic mass is 16.5. The second kappa shape index (κ2) is 7.70. The zero-order valence-electron chi connectivity index (χ0n) is 9.79. The minimum absolute atomic E-state index is 0.257. The zero-order chi connectivity index (χ0) is 10.9. The van der Waals surface area contributed by atoms with Gasteiger partial charge in [-0.2, -0.15) is 0 Å². The molecule has 1 heteroatoms. The van der Waals surface area contributed by atoms with Crippen LogP contribution in [0.5, 0.6) is 0 Å². The third kappa shape index (κ3) is 5.17. The largest absolute Gasteiger partial charge is 0.371 e. The molecule has 0 radical (unpaired) electrons. The van der Waals surface area contributed by atoms with Crippen molar-refractivity contribution in [2.24, 2.45) is 0 Å². The molecule has 0 aromatic carbocycles. The fraction of sp³-hybridized carbons (Fsp3) is 0.714. The van der Waals surface area contributed by atoms with Crippen molar-refractivity contribution in [3.8, 4) is 0 Å². The second-order valence-corrected chi connectivity index (χ2v) is 4.39. The number of hydrogen-bond acceptors (Lipinski definition) is 1. The average Bonchev–Trinajstić information content (AvgIpc) is 2.29. The maximum Gasteiger partial charge on any atom is 0.0757 e. The molecule has 1 nitrogen and oxygen atoms in total. The summed E-state index contributed by atoms with van der Waals surface area (Å²) in [6.45, 7) is 7.59. The van der Waals surface area contributed by atoms with Gasteiger partial charge in [-0.25, -0.2) is 0 Å². The second-order valence-electron chi connectivity index (χ2n) is 4.39. The highest BCUT2D eigenvalue weighted by Gasteiger charge is 2.16. The van der Waals surface area contributed by atoms with E-state index in [1.165, 1.54) is 32.1 Å². The van der Waals surface area contributed by atoms with Crippen molar-refractivity contribution < 1.29 is 4.74 Å². The summed E-state index contributed by atoms with van der Waals surface area (Å²) < 4.78 is 6.03. The molecule has 0 bridgehead atoms. The van der Waals surface area contributed by atoms with Crippen LogP contribution in [0.15, 0.2) is 25.3 Å². The first kappa shape index (κ1) is 12.5. The highest BCUT2D eigenvalue weighted by Crippen LogP contribution is 2.22. The van der Waals surface area contributed by atoms with Crippen LogP contribution in [0.4, 0.5) is 0 Å². The maximum atomic E-state index is 6.03. The lowest BCUT2D eigenvalue weighted by atomic mass is 9.97. The predicted octanol–water partition coefficient (Wildman–Crippen LogP) is 4.25. The molecule has 0 N–H and O–H groups in total. The lowest BCUT2D eigenvalue weighted by molar-refractivity contribution is -0.0108. The van der Waals surface area contributed by atoms with Crippen LogP contribution in [0.25, 0.3) is 0 Å². The molecule has 0 aromatic rings. The number of allylic oxidation sites excluding steroid dienone is 1. The van der Waals surface area contributed by atoms with Gasteiger partial charge in [-0.3, -0.25) is 0 Å². The van der Waals surface area contributed by atoms with E-state index >= 15 is 0 Å². The Morgan fingerprint density at radius 1 is 1.20 bits per heavy atom. The molecule has 0 aromatic heterocycles. The van der Waals surface area contributed by atoms with Crippen LogP contribution >= 0.6 is 0 Å². The molecule has 1 aliphatic rings. The van der Waals surface area contributed by atoms with Gasteiger partial charge in [0.15, 0.2) is 0 Å². The summed E-state index contributed by atoms with van der Waals surface area (Å²) in [5.41, 5.74) is 0. The number of unbranched alkanes of at least 4 members (excludes halogenated alkanes) is 1. The van der Waals surface area contributed by atoms with E-state index in [1.54, 1.807) is 0 Å². The fourth-order valence-corrected chi connectivity index (χ4v) is 2.15. The third-order valence-electron chi connectivity index (χ3n) is 3.08. The molecule has 0 heterocycles. The zero-order valence-corrected chi connectivity index (χ0v) is 9.79. The smallest absolute Gasteiger partial charge is 0.0757 e. The standard InChI is InChI=1S/C14H24O/c1-3-5-7-10-13(4-2)15-14-11-8-6-9-12-14/h3-4,13-14H,1-2,5-12H2. The maximum absolute atomic E-state index is 6.03. The van der Waals surface area contributed by atoms with Crippen molar-refractivity contribution in [1.82, 2.24) is 0 Å². The minimum Gasteiger partial charge on any atom is -0.371 e. The molecule has 1 fully saturated rings. The van der Waals surface area contributed by atoms with Gasteiger partial charge >= 0.3 is 0 Å². The van der Waals surface area contributed by atoms with Crippen LogP contribution in [0, 0.1) is 0 Å². The Kier molecular flexibility index (Phi) is 6.42. The number of hydrogen-bond donors (Lipinski definition) is 0. The Morgan fingerprint density at radius 3 is 2.53 bits per heavy atom. The van der Waals surface area contributed by atoms with Crippen LogP contribution < -0.4 is 0 Å². The summed E-state index contributed by atoms with van der Waals surface area (Å²) in [6, 6.07) is 0. The summed E-state index contributed by atoms with van der Waals surface area (Å²) in [6.07, 6.45) is 14.5. The van der Waals surface area contributed by atoms with E-state index < -0.39 is 0 Å². The van der Waals surface area contributed by atoms with E-state index in [4.69, 9.17) is 4.74 Å². The van der Waals surface area contributed by atoms with Crippen molar-refractivity contribution in [2.45, 2.75) is 63.6 Å². The van der Waals surface area contributed by atoms with Crippen molar-refractivity contribution in [3.05, 3.63) is 25.3 Å². The van der Waals surface area contributed by atoms with Crippen LogP contribution in [0.2, 0.25) is 0 Å². The minimum atomic E-state index is 0.257. The van der Waals surface area contributed by atoms with E-state index in [0.29, 0.717) is 6.10 Å². The quantitative estimate of drug-likeness (QED) is 0.449. The van der Waals surface area contributed by atoms with E-state index in [-0.39, 0.29) is 6.10 Å². The topological polar surface area (TPSA) is 9.23 Å². The molecule has 0 saturated heterocycles. The molecular weight excluding hydrogens is 184 g/mol. The van der Waals surface area contributed by atoms with Gasteiger partial charge in [-0.05, 0) is 32.1 Å². The van der Waals surface area contributed by atoms with Crippen LogP contribution in [0.1, 0.15) is 51.4 Å². The van der Waals surface area contributed by atoms with Gasteiger partial charge in [-0.15, -0.1) is 13.2 Å². The lowest BCUT2D eigenvalue weighted by Gasteiger charge is -2.26. The summed E-state index contributed by atoms with van der Waals surface area (Å²) in [5.74, 6) is 0. The molecule has 1 aliphatic carbocycles. The Morgan fingerprint density at radius 2 is 1.93 bits per heavy atom. The van der Waals surface area contributed by atoms with Gasteiger partial charge in [0.25, 0.3) is 0 Å². The van der Waals surface area contributed by atoms with Crippen molar-refractivity contribution in [1.29, 1.82) is 0 Å². The summed E-state index contributed by atoms with van der Waals surface area (Å²) in [5, 5.41) is 0. The molecule has 15 heavy (non-hydrogen) atoms. The SMILES string of the molecule is C=CCCCC(C=C)OC1CCCCC1. The van der Waals surface area contributed by atoms with Crippen LogP contribution in [-0.2, 0) is 4.74 Å². The summed E-state index contributed by atoms with van der Waals surface area (Å²) >= 11 is 0. The van der Waals surface area contributed by atoms with Gasteiger partial charge in [-0.1, -0.05) is 31.4 Å². The van der Waals surface area contributed by atoms with Gasteiger partial charge in [0.1, 0.15) is 0 Å². The molecular formula is C14H24O. The van der Waals surface area contributed by atoms with E-state index in [1.807, 2.05) is 12.2 Å². The molecule has 0 spiro atoms. The predicted molar refractivity (Wildman–Crippen MR) is 66.0 cm³/mol. The van der Waals surface area contributed by atoms with Crippen LogP contribution in [-0.4, -0.2) is 12.2 Å². The lowest BCUT2D eigenvalue weighted by Crippen LogP contribution is -2.22. The normalized spacial score (nSPS) is 19.7. The third-order valence-corrected chi connectivity index (χ3v) is 3.08. The highest BCUT2D eigenvalue weighted by molar-refractivity contribution is 4.82. The van der Waals surface area contributed by atoms with E-state index in [0.717, 1.165) is 19.3 Å². The molecule has 1 unspecified atom stereocenters.